The Morgan fingerprint density at radius 2 is 1.92 bits per heavy atom. The van der Waals surface area contributed by atoms with Crippen LogP contribution in [0.15, 0.2) is 30.3 Å². The van der Waals surface area contributed by atoms with E-state index < -0.39 is 6.10 Å². The summed E-state index contributed by atoms with van der Waals surface area (Å²) in [6.07, 6.45) is 0.190. The number of hydrogen-bond acceptors (Lipinski definition) is 2. The standard InChI is InChI=1S/C10H15NO/c1-8(11)7-10(12)9-5-3-2-4-6-9/h2-6,8,10,12H,7,11H2,1H3/t8-,10+/m1/s1. The van der Waals surface area contributed by atoms with Gasteiger partial charge < -0.3 is 10.8 Å². The first-order chi connectivity index (χ1) is 5.70. The van der Waals surface area contributed by atoms with Crippen LogP contribution >= 0.6 is 0 Å². The molecule has 66 valence electrons. The molecular formula is C10H15NO. The van der Waals surface area contributed by atoms with E-state index >= 15 is 0 Å². The molecule has 2 heteroatoms. The van der Waals surface area contributed by atoms with Gasteiger partial charge in [-0.15, -0.1) is 0 Å². The van der Waals surface area contributed by atoms with E-state index in [-0.39, 0.29) is 6.04 Å². The van der Waals surface area contributed by atoms with E-state index in [1.165, 1.54) is 0 Å². The second-order valence-electron chi connectivity index (χ2n) is 3.14. The van der Waals surface area contributed by atoms with Gasteiger partial charge in [0, 0.05) is 6.04 Å². The zero-order valence-corrected chi connectivity index (χ0v) is 7.27. The molecule has 2 atom stereocenters. The van der Waals surface area contributed by atoms with Gasteiger partial charge in [0.15, 0.2) is 0 Å². The lowest BCUT2D eigenvalue weighted by molar-refractivity contribution is 0.160. The van der Waals surface area contributed by atoms with E-state index in [4.69, 9.17) is 5.73 Å². The number of aliphatic hydroxyl groups excluding tert-OH is 1. The molecule has 0 spiro atoms. The van der Waals surface area contributed by atoms with Crippen molar-refractivity contribution in [3.8, 4) is 0 Å². The van der Waals surface area contributed by atoms with Crippen molar-refractivity contribution in [2.24, 2.45) is 5.73 Å². The molecule has 12 heavy (non-hydrogen) atoms. The number of aliphatic hydroxyl groups is 1. The van der Waals surface area contributed by atoms with Crippen molar-refractivity contribution < 1.29 is 5.11 Å². The molecule has 3 N–H and O–H groups in total. The smallest absolute Gasteiger partial charge is 0.0804 e. The second-order valence-corrected chi connectivity index (χ2v) is 3.14. The minimum atomic E-state index is -0.425. The summed E-state index contributed by atoms with van der Waals surface area (Å²) >= 11 is 0. The van der Waals surface area contributed by atoms with Gasteiger partial charge in [0.25, 0.3) is 0 Å². The van der Waals surface area contributed by atoms with Gasteiger partial charge in [0.2, 0.25) is 0 Å². The van der Waals surface area contributed by atoms with Crippen molar-refractivity contribution in [1.82, 2.24) is 0 Å². The minimum absolute atomic E-state index is 0.0419. The fraction of sp³-hybridized carbons (Fsp3) is 0.400. The van der Waals surface area contributed by atoms with Gasteiger partial charge in [-0.3, -0.25) is 0 Å². The summed E-state index contributed by atoms with van der Waals surface area (Å²) in [7, 11) is 0. The third kappa shape index (κ3) is 2.64. The topological polar surface area (TPSA) is 46.2 Å². The number of hydrogen-bond donors (Lipinski definition) is 2. The summed E-state index contributed by atoms with van der Waals surface area (Å²) < 4.78 is 0. The van der Waals surface area contributed by atoms with Crippen molar-refractivity contribution in [3.05, 3.63) is 35.9 Å². The maximum Gasteiger partial charge on any atom is 0.0804 e. The normalized spacial score (nSPS) is 15.6. The predicted molar refractivity (Wildman–Crippen MR) is 49.7 cm³/mol. The Morgan fingerprint density at radius 3 is 2.42 bits per heavy atom. The highest BCUT2D eigenvalue weighted by Crippen LogP contribution is 2.16. The highest BCUT2D eigenvalue weighted by Gasteiger charge is 2.08. The van der Waals surface area contributed by atoms with Crippen molar-refractivity contribution in [1.29, 1.82) is 0 Å². The molecule has 1 rings (SSSR count). The fourth-order valence-corrected chi connectivity index (χ4v) is 1.16. The van der Waals surface area contributed by atoms with Gasteiger partial charge in [0.05, 0.1) is 6.10 Å². The van der Waals surface area contributed by atoms with Crippen LogP contribution in [0.4, 0.5) is 0 Å². The zero-order chi connectivity index (χ0) is 8.97. The van der Waals surface area contributed by atoms with Gasteiger partial charge >= 0.3 is 0 Å². The molecular weight excluding hydrogens is 150 g/mol. The van der Waals surface area contributed by atoms with Crippen LogP contribution in [0.1, 0.15) is 25.0 Å². The van der Waals surface area contributed by atoms with Crippen LogP contribution in [-0.4, -0.2) is 11.1 Å². The number of nitrogens with two attached hydrogens (primary N) is 1. The molecule has 0 aromatic heterocycles. The molecule has 2 nitrogen and oxygen atoms in total. The van der Waals surface area contributed by atoms with E-state index in [0.717, 1.165) is 5.56 Å². The Hall–Kier alpha value is -0.860. The average Bonchev–Trinajstić information content (AvgIpc) is 2.05. The quantitative estimate of drug-likeness (QED) is 0.712. The molecule has 0 radical (unpaired) electrons. The van der Waals surface area contributed by atoms with E-state index in [1.807, 2.05) is 37.3 Å². The van der Waals surface area contributed by atoms with Gasteiger partial charge in [-0.25, -0.2) is 0 Å². The highest BCUT2D eigenvalue weighted by molar-refractivity contribution is 5.17. The first-order valence-corrected chi connectivity index (χ1v) is 4.18. The lowest BCUT2D eigenvalue weighted by Crippen LogP contribution is -2.18. The summed E-state index contributed by atoms with van der Waals surface area (Å²) in [6.45, 7) is 1.90. The summed E-state index contributed by atoms with van der Waals surface area (Å²) in [4.78, 5) is 0. The van der Waals surface area contributed by atoms with Crippen LogP contribution in [-0.2, 0) is 0 Å². The average molecular weight is 165 g/mol. The van der Waals surface area contributed by atoms with Crippen molar-refractivity contribution in [3.63, 3.8) is 0 Å². The predicted octanol–water partition coefficient (Wildman–Crippen LogP) is 1.46. The summed E-state index contributed by atoms with van der Waals surface area (Å²) in [5.41, 5.74) is 6.51. The minimum Gasteiger partial charge on any atom is -0.388 e. The maximum absolute atomic E-state index is 9.61. The molecule has 0 saturated heterocycles. The van der Waals surface area contributed by atoms with Gasteiger partial charge in [-0.1, -0.05) is 30.3 Å². The highest BCUT2D eigenvalue weighted by atomic mass is 16.3. The summed E-state index contributed by atoms with van der Waals surface area (Å²) in [5.74, 6) is 0. The largest absolute Gasteiger partial charge is 0.388 e. The lowest BCUT2D eigenvalue weighted by Gasteiger charge is -2.12. The van der Waals surface area contributed by atoms with E-state index in [9.17, 15) is 5.11 Å². The van der Waals surface area contributed by atoms with Crippen LogP contribution in [0, 0.1) is 0 Å². The van der Waals surface area contributed by atoms with Gasteiger partial charge in [-0.05, 0) is 18.9 Å². The maximum atomic E-state index is 9.61. The number of rotatable bonds is 3. The van der Waals surface area contributed by atoms with E-state index in [2.05, 4.69) is 0 Å². The Labute approximate surface area is 73.0 Å². The Morgan fingerprint density at radius 1 is 1.33 bits per heavy atom. The fourth-order valence-electron chi connectivity index (χ4n) is 1.16. The molecule has 0 amide bonds. The van der Waals surface area contributed by atoms with Gasteiger partial charge in [-0.2, -0.15) is 0 Å². The second kappa shape index (κ2) is 4.24. The van der Waals surface area contributed by atoms with E-state index in [0.29, 0.717) is 6.42 Å². The first kappa shape index (κ1) is 9.23. The summed E-state index contributed by atoms with van der Waals surface area (Å²) in [5, 5.41) is 9.61. The summed E-state index contributed by atoms with van der Waals surface area (Å²) in [6, 6.07) is 9.63. The molecule has 0 heterocycles. The molecule has 0 fully saturated rings. The van der Waals surface area contributed by atoms with Crippen LogP contribution in [0.3, 0.4) is 0 Å². The SMILES string of the molecule is C[C@@H](N)C[C@H](O)c1ccccc1. The Bertz CT molecular complexity index is 221. The van der Waals surface area contributed by atoms with Crippen LogP contribution in [0.2, 0.25) is 0 Å². The molecule has 0 aliphatic heterocycles. The van der Waals surface area contributed by atoms with Crippen molar-refractivity contribution >= 4 is 0 Å². The number of benzene rings is 1. The van der Waals surface area contributed by atoms with Crippen molar-refractivity contribution in [2.75, 3.05) is 0 Å². The van der Waals surface area contributed by atoms with Crippen LogP contribution in [0.25, 0.3) is 0 Å². The Kier molecular flexibility index (Phi) is 3.26. The molecule has 1 aromatic carbocycles. The molecule has 0 unspecified atom stereocenters. The third-order valence-electron chi connectivity index (χ3n) is 1.78. The monoisotopic (exact) mass is 165 g/mol. The molecule has 1 aromatic rings. The molecule has 0 aliphatic carbocycles. The first-order valence-electron chi connectivity index (χ1n) is 4.18. The molecule has 0 bridgehead atoms. The van der Waals surface area contributed by atoms with E-state index in [1.54, 1.807) is 0 Å². The van der Waals surface area contributed by atoms with Crippen LogP contribution < -0.4 is 5.73 Å². The van der Waals surface area contributed by atoms with Crippen LogP contribution in [0.5, 0.6) is 0 Å². The Balaban J connectivity index is 2.59. The lowest BCUT2D eigenvalue weighted by atomic mass is 10.0. The third-order valence-corrected chi connectivity index (χ3v) is 1.78. The van der Waals surface area contributed by atoms with Gasteiger partial charge in [0.1, 0.15) is 0 Å². The zero-order valence-electron chi connectivity index (χ0n) is 7.27. The molecule has 0 saturated carbocycles. The molecule has 0 aliphatic rings. The van der Waals surface area contributed by atoms with Crippen molar-refractivity contribution in [2.45, 2.75) is 25.5 Å².